The average molecular weight is 203 g/mol. The Kier molecular flexibility index (Phi) is 3.67. The summed E-state index contributed by atoms with van der Waals surface area (Å²) in [5.41, 5.74) is 3.64. The van der Waals surface area contributed by atoms with Gasteiger partial charge in [0.05, 0.1) is 0 Å². The maximum Gasteiger partial charge on any atom is 0.333 e. The molecule has 2 heteroatoms. The fourth-order valence-corrected chi connectivity index (χ4v) is 1.16. The molecule has 0 amide bonds. The molecule has 0 aliphatic rings. The number of carbonyl (C=O) groups is 1. The smallest absolute Gasteiger partial charge is 0.333 e. The first-order valence-electron chi connectivity index (χ1n) is 4.81. The number of esters is 1. The fourth-order valence-electron chi connectivity index (χ4n) is 1.16. The maximum absolute atomic E-state index is 11.2. The van der Waals surface area contributed by atoms with Crippen molar-refractivity contribution >= 4 is 5.97 Å². The van der Waals surface area contributed by atoms with E-state index in [9.17, 15) is 4.79 Å². The van der Waals surface area contributed by atoms with Crippen LogP contribution in [0, 0.1) is 19.9 Å². The molecule has 0 fully saturated rings. The Hall–Kier alpha value is -1.57. The van der Waals surface area contributed by atoms with Crippen LogP contribution in [0.1, 0.15) is 23.6 Å². The van der Waals surface area contributed by atoms with Gasteiger partial charge in [0.2, 0.25) is 0 Å². The summed E-state index contributed by atoms with van der Waals surface area (Å²) in [6.45, 7) is 9.44. The molecule has 79 valence electrons. The van der Waals surface area contributed by atoms with Crippen LogP contribution in [0.2, 0.25) is 0 Å². The van der Waals surface area contributed by atoms with Crippen LogP contribution in [0.5, 0.6) is 0 Å². The van der Waals surface area contributed by atoms with Gasteiger partial charge in [-0.15, -0.1) is 0 Å². The predicted octanol–water partition coefficient (Wildman–Crippen LogP) is 2.72. The van der Waals surface area contributed by atoms with Gasteiger partial charge in [-0.3, -0.25) is 0 Å². The van der Waals surface area contributed by atoms with Gasteiger partial charge in [-0.1, -0.05) is 18.7 Å². The van der Waals surface area contributed by atoms with Crippen LogP contribution in [0.15, 0.2) is 24.3 Å². The van der Waals surface area contributed by atoms with Gasteiger partial charge < -0.3 is 4.74 Å². The van der Waals surface area contributed by atoms with Gasteiger partial charge in [0.15, 0.2) is 0 Å². The van der Waals surface area contributed by atoms with E-state index in [1.54, 1.807) is 6.92 Å². The minimum absolute atomic E-state index is 0.299. The van der Waals surface area contributed by atoms with Crippen LogP contribution in [0.4, 0.5) is 0 Å². The lowest BCUT2D eigenvalue weighted by Crippen LogP contribution is -2.06. The van der Waals surface area contributed by atoms with Crippen LogP contribution in [0.3, 0.4) is 0 Å². The Balaban J connectivity index is 2.70. The molecule has 1 radical (unpaired) electrons. The Labute approximate surface area is 90.6 Å². The molecule has 0 atom stereocenters. The van der Waals surface area contributed by atoms with E-state index in [0.717, 1.165) is 16.7 Å². The standard InChI is InChI=1S/C13H15O2/c1-9(2)13(14)15-8-12-7-5-6-10(3)11(12)4/h5,7H,1,8H2,2-4H3. The molecule has 0 saturated heterocycles. The molecule has 0 unspecified atom stereocenters. The van der Waals surface area contributed by atoms with E-state index < -0.39 is 0 Å². The second kappa shape index (κ2) is 4.78. The molecular weight excluding hydrogens is 188 g/mol. The van der Waals surface area contributed by atoms with Gasteiger partial charge in [0.25, 0.3) is 0 Å². The largest absolute Gasteiger partial charge is 0.457 e. The highest BCUT2D eigenvalue weighted by Gasteiger charge is 2.06. The van der Waals surface area contributed by atoms with E-state index in [1.165, 1.54) is 0 Å². The van der Waals surface area contributed by atoms with Crippen molar-refractivity contribution in [2.45, 2.75) is 27.4 Å². The lowest BCUT2D eigenvalue weighted by Gasteiger charge is -2.08. The van der Waals surface area contributed by atoms with Crippen molar-refractivity contribution in [2.24, 2.45) is 0 Å². The molecule has 1 rings (SSSR count). The summed E-state index contributed by atoms with van der Waals surface area (Å²) in [7, 11) is 0. The van der Waals surface area contributed by atoms with E-state index in [-0.39, 0.29) is 5.97 Å². The number of rotatable bonds is 3. The van der Waals surface area contributed by atoms with Gasteiger partial charge in [-0.2, -0.15) is 0 Å². The third kappa shape index (κ3) is 2.94. The first-order valence-corrected chi connectivity index (χ1v) is 4.81. The molecule has 0 saturated carbocycles. The van der Waals surface area contributed by atoms with E-state index in [4.69, 9.17) is 4.74 Å². The highest BCUT2D eigenvalue weighted by molar-refractivity contribution is 5.86. The normalized spacial score (nSPS) is 9.80. The average Bonchev–Trinajstić information content (AvgIpc) is 2.19. The number of benzene rings is 1. The number of aryl methyl sites for hydroxylation is 1. The molecule has 0 N–H and O–H groups in total. The van der Waals surface area contributed by atoms with Crippen LogP contribution >= 0.6 is 0 Å². The van der Waals surface area contributed by atoms with Crippen molar-refractivity contribution in [1.82, 2.24) is 0 Å². The van der Waals surface area contributed by atoms with Crippen LogP contribution in [-0.4, -0.2) is 5.97 Å². The van der Waals surface area contributed by atoms with Crippen molar-refractivity contribution < 1.29 is 9.53 Å². The molecule has 2 nitrogen and oxygen atoms in total. The summed E-state index contributed by atoms with van der Waals surface area (Å²) in [5, 5.41) is 0. The number of hydrogen-bond acceptors (Lipinski definition) is 2. The fraction of sp³-hybridized carbons (Fsp3) is 0.308. The third-order valence-electron chi connectivity index (χ3n) is 2.34. The molecular formula is C13H15O2. The number of carbonyl (C=O) groups excluding carboxylic acids is 1. The number of hydrogen-bond donors (Lipinski definition) is 0. The van der Waals surface area contributed by atoms with E-state index in [2.05, 4.69) is 12.6 Å². The summed E-state index contributed by atoms with van der Waals surface area (Å²) in [4.78, 5) is 11.2. The van der Waals surface area contributed by atoms with Gasteiger partial charge in [-0.25, -0.2) is 4.79 Å². The number of ether oxygens (including phenoxy) is 1. The van der Waals surface area contributed by atoms with E-state index in [0.29, 0.717) is 12.2 Å². The minimum atomic E-state index is -0.347. The Bertz CT molecular complexity index is 392. The lowest BCUT2D eigenvalue weighted by molar-refractivity contribution is -0.140. The minimum Gasteiger partial charge on any atom is -0.457 e. The Morgan fingerprint density at radius 2 is 2.20 bits per heavy atom. The van der Waals surface area contributed by atoms with Crippen molar-refractivity contribution in [2.75, 3.05) is 0 Å². The molecule has 0 aromatic heterocycles. The van der Waals surface area contributed by atoms with Gasteiger partial charge in [0.1, 0.15) is 6.61 Å². The summed E-state index contributed by atoms with van der Waals surface area (Å²) in [6, 6.07) is 6.84. The highest BCUT2D eigenvalue weighted by atomic mass is 16.5. The van der Waals surface area contributed by atoms with E-state index in [1.807, 2.05) is 26.0 Å². The van der Waals surface area contributed by atoms with E-state index >= 15 is 0 Å². The van der Waals surface area contributed by atoms with Gasteiger partial charge in [-0.05, 0) is 43.5 Å². The van der Waals surface area contributed by atoms with Crippen molar-refractivity contribution in [3.05, 3.63) is 47.0 Å². The molecule has 1 aromatic rings. The molecule has 1 aromatic carbocycles. The quantitative estimate of drug-likeness (QED) is 0.557. The molecule has 0 spiro atoms. The Morgan fingerprint density at radius 1 is 1.53 bits per heavy atom. The lowest BCUT2D eigenvalue weighted by atomic mass is 10.0. The zero-order valence-electron chi connectivity index (χ0n) is 9.39. The first kappa shape index (κ1) is 11.5. The second-order valence-electron chi connectivity index (χ2n) is 3.61. The first-order chi connectivity index (χ1) is 7.02. The van der Waals surface area contributed by atoms with Gasteiger partial charge >= 0.3 is 5.97 Å². The van der Waals surface area contributed by atoms with Crippen molar-refractivity contribution in [3.63, 3.8) is 0 Å². The van der Waals surface area contributed by atoms with Crippen LogP contribution in [-0.2, 0) is 16.1 Å². The molecule has 0 heterocycles. The maximum atomic E-state index is 11.2. The van der Waals surface area contributed by atoms with Crippen molar-refractivity contribution in [1.29, 1.82) is 0 Å². The monoisotopic (exact) mass is 203 g/mol. The molecule has 15 heavy (non-hydrogen) atoms. The van der Waals surface area contributed by atoms with Crippen LogP contribution < -0.4 is 0 Å². The zero-order chi connectivity index (χ0) is 11.4. The van der Waals surface area contributed by atoms with Gasteiger partial charge in [0, 0.05) is 5.57 Å². The predicted molar refractivity (Wildman–Crippen MR) is 59.4 cm³/mol. The molecule has 0 aliphatic heterocycles. The highest BCUT2D eigenvalue weighted by Crippen LogP contribution is 2.13. The summed E-state index contributed by atoms with van der Waals surface area (Å²) in [5.74, 6) is -0.347. The summed E-state index contributed by atoms with van der Waals surface area (Å²) < 4.78 is 5.07. The SMILES string of the molecule is C=C(C)C(=O)OCc1cc[c]c(C)c1C. The molecule has 0 bridgehead atoms. The van der Waals surface area contributed by atoms with Crippen molar-refractivity contribution in [3.8, 4) is 0 Å². The summed E-state index contributed by atoms with van der Waals surface area (Å²) in [6.07, 6.45) is 0. The third-order valence-corrected chi connectivity index (χ3v) is 2.34. The Morgan fingerprint density at radius 3 is 2.80 bits per heavy atom. The summed E-state index contributed by atoms with van der Waals surface area (Å²) >= 11 is 0. The zero-order valence-corrected chi connectivity index (χ0v) is 9.39. The second-order valence-corrected chi connectivity index (χ2v) is 3.61. The topological polar surface area (TPSA) is 26.3 Å². The molecule has 0 aliphatic carbocycles. The van der Waals surface area contributed by atoms with Crippen LogP contribution in [0.25, 0.3) is 0 Å².